The molecule has 0 aliphatic rings. The van der Waals surface area contributed by atoms with Crippen LogP contribution in [-0.2, 0) is 7.05 Å². The quantitative estimate of drug-likeness (QED) is 0.135. The average Bonchev–Trinajstić information content (AvgIpc) is 3.95. The molecule has 5 aromatic heterocycles. The number of aromatic nitrogens is 6. The van der Waals surface area contributed by atoms with Crippen LogP contribution in [0, 0.1) is 39.3 Å². The lowest BCUT2D eigenvalue weighted by Gasteiger charge is -2.19. The first-order chi connectivity index (χ1) is 29.2. The van der Waals surface area contributed by atoms with Gasteiger partial charge in [-0.25, -0.2) is 28.7 Å². The molecule has 0 fully saturated rings. The standard InChI is InChI=1S/C26H24FN5O.C22H20FN3O2/c1-14-13-33-23-8-6-18(10-20(14)23)25-24(26(28)31-16(3)30-25)15(2)17-5-7-22(27)21(9-17)19-11-29-32(4)12-19;1-12-11-28-21-7-5-16(8-17(12)21)19-10-22(26-14(3)25-19)24-13(2)15-4-6-18(23)20(27)9-15/h5-13,15H,1-4H3,(H2,28,30,31);4-11,13,27H,1-3H3,(H,24,25,26). The van der Waals surface area contributed by atoms with Gasteiger partial charge in [0.05, 0.1) is 36.2 Å². The van der Waals surface area contributed by atoms with Crippen LogP contribution < -0.4 is 11.1 Å². The largest absolute Gasteiger partial charge is 0.505 e. The van der Waals surface area contributed by atoms with Crippen LogP contribution in [0.25, 0.3) is 55.6 Å². The molecule has 308 valence electrons. The van der Waals surface area contributed by atoms with Crippen molar-refractivity contribution < 1.29 is 22.7 Å². The number of fused-ring (bicyclic) bond motifs is 2. The lowest BCUT2D eigenvalue weighted by Crippen LogP contribution is -2.09. The first-order valence-corrected chi connectivity index (χ1v) is 19.7. The molecule has 5 heterocycles. The zero-order valence-corrected chi connectivity index (χ0v) is 34.7. The number of furan rings is 2. The summed E-state index contributed by atoms with van der Waals surface area (Å²) < 4.78 is 40.7. The number of phenolic OH excluding ortho intramolecular Hbond substituents is 1. The Morgan fingerprint density at radius 3 is 2.02 bits per heavy atom. The van der Waals surface area contributed by atoms with E-state index in [-0.39, 0.29) is 23.5 Å². The third kappa shape index (κ3) is 8.27. The molecule has 0 radical (unpaired) electrons. The summed E-state index contributed by atoms with van der Waals surface area (Å²) in [6.07, 6.45) is 6.94. The molecule has 0 bridgehead atoms. The van der Waals surface area contributed by atoms with E-state index in [1.165, 1.54) is 18.2 Å². The minimum Gasteiger partial charge on any atom is -0.505 e. The number of hydrogen-bond donors (Lipinski definition) is 3. The molecule has 2 atom stereocenters. The molecule has 0 saturated carbocycles. The van der Waals surface area contributed by atoms with E-state index >= 15 is 0 Å². The monoisotopic (exact) mass is 818 g/mol. The molecule has 0 amide bonds. The Morgan fingerprint density at radius 1 is 0.705 bits per heavy atom. The molecule has 0 spiro atoms. The molecule has 2 unspecified atom stereocenters. The van der Waals surface area contributed by atoms with Gasteiger partial charge in [0.15, 0.2) is 11.6 Å². The Labute approximate surface area is 351 Å². The normalized spacial score (nSPS) is 12.3. The summed E-state index contributed by atoms with van der Waals surface area (Å²) in [7, 11) is 1.81. The number of rotatable bonds is 8. The second-order valence-electron chi connectivity index (χ2n) is 15.3. The van der Waals surface area contributed by atoms with Crippen LogP contribution in [0.1, 0.15) is 65.3 Å². The minimum atomic E-state index is -0.638. The molecule has 0 aliphatic heterocycles. The molecule has 9 rings (SSSR count). The fourth-order valence-electron chi connectivity index (χ4n) is 7.52. The predicted molar refractivity (Wildman–Crippen MR) is 234 cm³/mol. The van der Waals surface area contributed by atoms with Gasteiger partial charge in [0, 0.05) is 63.8 Å². The van der Waals surface area contributed by atoms with E-state index in [0.717, 1.165) is 77.8 Å². The number of aryl methyl sites for hydroxylation is 5. The fraction of sp³-hybridized carbons (Fsp3) is 0.188. The van der Waals surface area contributed by atoms with Crippen molar-refractivity contribution in [2.45, 2.75) is 53.5 Å². The number of nitrogens with zero attached hydrogens (tertiary/aromatic N) is 6. The maximum Gasteiger partial charge on any atom is 0.164 e. The molecule has 4 aromatic carbocycles. The summed E-state index contributed by atoms with van der Waals surface area (Å²) in [6, 6.07) is 23.1. The van der Waals surface area contributed by atoms with Crippen LogP contribution in [0.4, 0.5) is 20.4 Å². The smallest absolute Gasteiger partial charge is 0.164 e. The molecule has 9 aromatic rings. The lowest BCUT2D eigenvalue weighted by atomic mass is 9.88. The van der Waals surface area contributed by atoms with Crippen LogP contribution in [0.2, 0.25) is 0 Å². The van der Waals surface area contributed by atoms with E-state index in [2.05, 4.69) is 37.5 Å². The molecular formula is C48H44F2N8O3. The summed E-state index contributed by atoms with van der Waals surface area (Å²) in [5, 5.41) is 19.2. The minimum absolute atomic E-state index is 0.169. The Balaban J connectivity index is 0.000000171. The highest BCUT2D eigenvalue weighted by Crippen LogP contribution is 2.38. The summed E-state index contributed by atoms with van der Waals surface area (Å²) in [5.41, 5.74) is 17.4. The highest BCUT2D eigenvalue weighted by atomic mass is 19.1. The summed E-state index contributed by atoms with van der Waals surface area (Å²) >= 11 is 0. The Morgan fingerprint density at radius 2 is 1.34 bits per heavy atom. The molecule has 11 nitrogen and oxygen atoms in total. The number of phenols is 1. The number of aromatic hydroxyl groups is 1. The van der Waals surface area contributed by atoms with Crippen LogP contribution >= 0.6 is 0 Å². The van der Waals surface area contributed by atoms with Gasteiger partial charge >= 0.3 is 0 Å². The van der Waals surface area contributed by atoms with E-state index < -0.39 is 5.82 Å². The van der Waals surface area contributed by atoms with Crippen molar-refractivity contribution in [2.24, 2.45) is 7.05 Å². The number of nitrogens with one attached hydrogen (secondary N) is 1. The van der Waals surface area contributed by atoms with Gasteiger partial charge in [0.25, 0.3) is 0 Å². The van der Waals surface area contributed by atoms with Gasteiger partial charge in [0.1, 0.15) is 40.3 Å². The summed E-state index contributed by atoms with van der Waals surface area (Å²) in [4.78, 5) is 18.2. The van der Waals surface area contributed by atoms with Crippen molar-refractivity contribution in [3.63, 3.8) is 0 Å². The van der Waals surface area contributed by atoms with Crippen LogP contribution in [0.3, 0.4) is 0 Å². The third-order valence-electron chi connectivity index (χ3n) is 10.8. The van der Waals surface area contributed by atoms with E-state index in [9.17, 15) is 13.9 Å². The van der Waals surface area contributed by atoms with Crippen molar-refractivity contribution in [3.05, 3.63) is 155 Å². The van der Waals surface area contributed by atoms with Crippen molar-refractivity contribution in [2.75, 3.05) is 11.1 Å². The Kier molecular flexibility index (Phi) is 10.8. The van der Waals surface area contributed by atoms with Crippen LogP contribution in [0.15, 0.2) is 113 Å². The van der Waals surface area contributed by atoms with Gasteiger partial charge < -0.3 is 25.0 Å². The van der Waals surface area contributed by atoms with E-state index in [4.69, 9.17) is 19.6 Å². The number of benzene rings is 4. The van der Waals surface area contributed by atoms with Gasteiger partial charge in [-0.1, -0.05) is 19.1 Å². The van der Waals surface area contributed by atoms with Crippen molar-refractivity contribution in [1.82, 2.24) is 29.7 Å². The fourth-order valence-corrected chi connectivity index (χ4v) is 7.52. The van der Waals surface area contributed by atoms with E-state index in [0.29, 0.717) is 28.8 Å². The number of nitrogens with two attached hydrogens (primary N) is 1. The zero-order chi connectivity index (χ0) is 43.1. The first-order valence-electron chi connectivity index (χ1n) is 19.7. The second kappa shape index (κ2) is 16.3. The van der Waals surface area contributed by atoms with Crippen molar-refractivity contribution in [1.29, 1.82) is 0 Å². The number of hydrogen-bond acceptors (Lipinski definition) is 10. The van der Waals surface area contributed by atoms with Crippen LogP contribution in [-0.4, -0.2) is 34.8 Å². The second-order valence-corrected chi connectivity index (χ2v) is 15.3. The zero-order valence-electron chi connectivity index (χ0n) is 34.7. The summed E-state index contributed by atoms with van der Waals surface area (Å²) in [5.74, 6) is 0.835. The average molecular weight is 819 g/mol. The molecule has 61 heavy (non-hydrogen) atoms. The molecule has 4 N–H and O–H groups in total. The molecule has 13 heteroatoms. The molecule has 0 saturated heterocycles. The van der Waals surface area contributed by atoms with E-state index in [1.54, 1.807) is 41.7 Å². The molecule has 0 aliphatic carbocycles. The number of anilines is 2. The van der Waals surface area contributed by atoms with Gasteiger partial charge in [-0.3, -0.25) is 4.68 Å². The third-order valence-corrected chi connectivity index (χ3v) is 10.8. The predicted octanol–water partition coefficient (Wildman–Crippen LogP) is 11.3. The van der Waals surface area contributed by atoms with Crippen molar-refractivity contribution in [3.8, 4) is 39.4 Å². The maximum absolute atomic E-state index is 14.7. The van der Waals surface area contributed by atoms with Gasteiger partial charge in [-0.2, -0.15) is 5.10 Å². The molecular weight excluding hydrogens is 775 g/mol. The van der Waals surface area contributed by atoms with Crippen LogP contribution in [0.5, 0.6) is 5.75 Å². The Bertz CT molecular complexity index is 3080. The van der Waals surface area contributed by atoms with E-state index in [1.807, 2.05) is 85.0 Å². The SMILES string of the molecule is Cc1nc(N)c(C(C)c2ccc(F)c(-c3cnn(C)c3)c2)c(-c2ccc3occ(C)c3c2)n1.Cc1nc(NC(C)c2ccc(F)c(O)c2)cc(-c2ccc3occ(C)c3c2)n1. The topological polar surface area (TPSA) is 154 Å². The number of halogens is 2. The van der Waals surface area contributed by atoms with Gasteiger partial charge in [-0.05, 0) is 118 Å². The number of nitrogen functional groups attached to an aromatic ring is 1. The highest BCUT2D eigenvalue weighted by molar-refractivity contribution is 5.87. The lowest BCUT2D eigenvalue weighted by molar-refractivity contribution is 0.431. The first kappa shape index (κ1) is 40.4. The summed E-state index contributed by atoms with van der Waals surface area (Å²) in [6.45, 7) is 11.6. The van der Waals surface area contributed by atoms with Gasteiger partial charge in [-0.15, -0.1) is 0 Å². The maximum atomic E-state index is 14.7. The Hall–Kier alpha value is -7.41. The van der Waals surface area contributed by atoms with Crippen molar-refractivity contribution >= 4 is 33.6 Å². The highest BCUT2D eigenvalue weighted by Gasteiger charge is 2.23. The van der Waals surface area contributed by atoms with Gasteiger partial charge in [0.2, 0.25) is 0 Å².